The molecular formula is C7H15N3O3. The molecule has 0 radical (unpaired) electrons. The first-order valence-electron chi connectivity index (χ1n) is 4.02. The molecule has 5 N–H and O–H groups in total. The molecule has 0 aliphatic carbocycles. The van der Waals surface area contributed by atoms with Crippen molar-refractivity contribution >= 4 is 12.0 Å². The number of carboxylic acid groups (broad SMARTS) is 1. The van der Waals surface area contributed by atoms with Crippen molar-refractivity contribution in [2.75, 3.05) is 0 Å². The van der Waals surface area contributed by atoms with Gasteiger partial charge in [-0.15, -0.1) is 0 Å². The molecule has 0 aliphatic heterocycles. The molecular weight excluding hydrogens is 174 g/mol. The lowest BCUT2D eigenvalue weighted by molar-refractivity contribution is -0.124. The van der Waals surface area contributed by atoms with E-state index in [1.807, 2.05) is 12.3 Å². The van der Waals surface area contributed by atoms with Crippen LogP contribution in [0.3, 0.4) is 0 Å². The summed E-state index contributed by atoms with van der Waals surface area (Å²) in [7, 11) is 0. The molecule has 0 unspecified atom stereocenters. The third kappa shape index (κ3) is 3.75. The third-order valence-electron chi connectivity index (χ3n) is 1.92. The van der Waals surface area contributed by atoms with Crippen LogP contribution in [-0.4, -0.2) is 23.1 Å². The van der Waals surface area contributed by atoms with Gasteiger partial charge in [0.2, 0.25) is 0 Å². The SMILES string of the molecule is CC[C@H](C)[C@H](NC(=O)O)C(=O)NN. The molecule has 0 bridgehead atoms. The molecule has 0 heterocycles. The van der Waals surface area contributed by atoms with E-state index < -0.39 is 18.0 Å². The van der Waals surface area contributed by atoms with Crippen molar-refractivity contribution in [2.24, 2.45) is 11.8 Å². The van der Waals surface area contributed by atoms with E-state index in [0.29, 0.717) is 6.42 Å². The molecule has 0 saturated heterocycles. The van der Waals surface area contributed by atoms with Crippen molar-refractivity contribution in [2.45, 2.75) is 26.3 Å². The lowest BCUT2D eigenvalue weighted by atomic mass is 9.99. The number of hydrogen-bond acceptors (Lipinski definition) is 3. The molecule has 0 spiro atoms. The molecule has 0 aromatic heterocycles. The first kappa shape index (κ1) is 11.7. The zero-order chi connectivity index (χ0) is 10.4. The molecule has 0 fully saturated rings. The van der Waals surface area contributed by atoms with Gasteiger partial charge in [0.25, 0.3) is 5.91 Å². The molecule has 0 saturated carbocycles. The third-order valence-corrected chi connectivity index (χ3v) is 1.92. The van der Waals surface area contributed by atoms with Gasteiger partial charge in [0.1, 0.15) is 6.04 Å². The maximum absolute atomic E-state index is 11.1. The summed E-state index contributed by atoms with van der Waals surface area (Å²) in [6, 6.07) is -0.785. The summed E-state index contributed by atoms with van der Waals surface area (Å²) in [5, 5.41) is 10.5. The summed E-state index contributed by atoms with van der Waals surface area (Å²) in [4.78, 5) is 21.4. The number of amides is 2. The molecule has 6 nitrogen and oxygen atoms in total. The Morgan fingerprint density at radius 1 is 1.54 bits per heavy atom. The number of hydrogen-bond donors (Lipinski definition) is 4. The van der Waals surface area contributed by atoms with Gasteiger partial charge in [-0.3, -0.25) is 10.2 Å². The fourth-order valence-electron chi connectivity index (χ4n) is 0.925. The Bertz CT molecular complexity index is 195. The monoisotopic (exact) mass is 189 g/mol. The van der Waals surface area contributed by atoms with Gasteiger partial charge in [0, 0.05) is 0 Å². The highest BCUT2D eigenvalue weighted by Gasteiger charge is 2.24. The summed E-state index contributed by atoms with van der Waals surface area (Å²) in [6.07, 6.45) is -0.535. The predicted molar refractivity (Wildman–Crippen MR) is 46.7 cm³/mol. The van der Waals surface area contributed by atoms with Gasteiger partial charge in [-0.1, -0.05) is 20.3 Å². The van der Waals surface area contributed by atoms with Crippen LogP contribution in [0.15, 0.2) is 0 Å². The second-order valence-corrected chi connectivity index (χ2v) is 2.82. The predicted octanol–water partition coefficient (Wildman–Crippen LogP) is -0.341. The van der Waals surface area contributed by atoms with Crippen LogP contribution in [0.25, 0.3) is 0 Å². The van der Waals surface area contributed by atoms with Crippen molar-refractivity contribution in [1.29, 1.82) is 0 Å². The molecule has 2 amide bonds. The van der Waals surface area contributed by atoms with E-state index in [2.05, 4.69) is 5.32 Å². The van der Waals surface area contributed by atoms with Gasteiger partial charge < -0.3 is 10.4 Å². The summed E-state index contributed by atoms with van der Waals surface area (Å²) in [5.74, 6) is 4.31. The molecule has 0 aliphatic rings. The van der Waals surface area contributed by atoms with Crippen LogP contribution in [0.5, 0.6) is 0 Å². The summed E-state index contributed by atoms with van der Waals surface area (Å²) < 4.78 is 0. The van der Waals surface area contributed by atoms with Crippen LogP contribution in [0, 0.1) is 5.92 Å². The quantitative estimate of drug-likeness (QED) is 0.276. The molecule has 76 valence electrons. The number of nitrogens with one attached hydrogen (secondary N) is 2. The highest BCUT2D eigenvalue weighted by molar-refractivity contribution is 5.84. The first-order valence-corrected chi connectivity index (χ1v) is 4.02. The van der Waals surface area contributed by atoms with Crippen LogP contribution >= 0.6 is 0 Å². The van der Waals surface area contributed by atoms with E-state index in [1.165, 1.54) is 0 Å². The Kier molecular flexibility index (Phi) is 4.83. The number of rotatable bonds is 4. The summed E-state index contributed by atoms with van der Waals surface area (Å²) in [5.41, 5.74) is 1.92. The first-order chi connectivity index (χ1) is 6.02. The minimum Gasteiger partial charge on any atom is -0.465 e. The van der Waals surface area contributed by atoms with E-state index in [-0.39, 0.29) is 5.92 Å². The molecule has 6 heteroatoms. The minimum absolute atomic E-state index is 0.0837. The Balaban J connectivity index is 4.35. The second-order valence-electron chi connectivity index (χ2n) is 2.82. The van der Waals surface area contributed by atoms with Gasteiger partial charge in [-0.05, 0) is 5.92 Å². The Hall–Kier alpha value is -1.30. The molecule has 2 atom stereocenters. The summed E-state index contributed by atoms with van der Waals surface area (Å²) >= 11 is 0. The van der Waals surface area contributed by atoms with Gasteiger partial charge in [-0.25, -0.2) is 10.6 Å². The van der Waals surface area contributed by atoms with Crippen LogP contribution in [-0.2, 0) is 4.79 Å². The van der Waals surface area contributed by atoms with Crippen molar-refractivity contribution in [3.63, 3.8) is 0 Å². The molecule has 0 aromatic carbocycles. The molecule has 0 rings (SSSR count). The van der Waals surface area contributed by atoms with Gasteiger partial charge in [0.15, 0.2) is 0 Å². The van der Waals surface area contributed by atoms with Crippen LogP contribution in [0.2, 0.25) is 0 Å². The van der Waals surface area contributed by atoms with Crippen molar-refractivity contribution < 1.29 is 14.7 Å². The smallest absolute Gasteiger partial charge is 0.405 e. The maximum Gasteiger partial charge on any atom is 0.405 e. The van der Waals surface area contributed by atoms with E-state index in [9.17, 15) is 9.59 Å². The number of carbonyl (C=O) groups excluding carboxylic acids is 1. The Morgan fingerprint density at radius 3 is 2.38 bits per heavy atom. The van der Waals surface area contributed by atoms with Crippen molar-refractivity contribution in [3.05, 3.63) is 0 Å². The highest BCUT2D eigenvalue weighted by atomic mass is 16.4. The van der Waals surface area contributed by atoms with Gasteiger partial charge in [-0.2, -0.15) is 0 Å². The Labute approximate surface area is 76.5 Å². The average molecular weight is 189 g/mol. The highest BCUT2D eigenvalue weighted by Crippen LogP contribution is 2.07. The molecule has 13 heavy (non-hydrogen) atoms. The number of carbonyl (C=O) groups is 2. The number of nitrogens with two attached hydrogens (primary N) is 1. The number of hydrazine groups is 1. The molecule has 0 aromatic rings. The van der Waals surface area contributed by atoms with Crippen LogP contribution in [0.1, 0.15) is 20.3 Å². The van der Waals surface area contributed by atoms with Crippen molar-refractivity contribution in [3.8, 4) is 0 Å². The van der Waals surface area contributed by atoms with E-state index in [1.54, 1.807) is 6.92 Å². The standard InChI is InChI=1S/C7H15N3O3/c1-3-4(2)5(6(11)10-8)9-7(12)13/h4-5,9H,3,8H2,1-2H3,(H,10,11)(H,12,13)/t4-,5-/m0/s1. The zero-order valence-electron chi connectivity index (χ0n) is 7.70. The minimum atomic E-state index is -1.23. The second kappa shape index (κ2) is 5.36. The van der Waals surface area contributed by atoms with E-state index in [0.717, 1.165) is 0 Å². The van der Waals surface area contributed by atoms with Crippen LogP contribution in [0.4, 0.5) is 4.79 Å². The van der Waals surface area contributed by atoms with Gasteiger partial charge >= 0.3 is 6.09 Å². The average Bonchev–Trinajstić information content (AvgIpc) is 2.11. The van der Waals surface area contributed by atoms with Crippen LogP contribution < -0.4 is 16.6 Å². The van der Waals surface area contributed by atoms with Crippen molar-refractivity contribution in [1.82, 2.24) is 10.7 Å². The summed E-state index contributed by atoms with van der Waals surface area (Å²) in [6.45, 7) is 3.64. The normalized spacial score (nSPS) is 14.4. The van der Waals surface area contributed by atoms with E-state index in [4.69, 9.17) is 10.9 Å². The van der Waals surface area contributed by atoms with Gasteiger partial charge in [0.05, 0.1) is 0 Å². The topological polar surface area (TPSA) is 104 Å². The fraction of sp³-hybridized carbons (Fsp3) is 0.714. The lowest BCUT2D eigenvalue weighted by Gasteiger charge is -2.20. The lowest BCUT2D eigenvalue weighted by Crippen LogP contribution is -2.51. The fourth-order valence-corrected chi connectivity index (χ4v) is 0.925. The largest absolute Gasteiger partial charge is 0.465 e. The Morgan fingerprint density at radius 2 is 2.08 bits per heavy atom. The zero-order valence-corrected chi connectivity index (χ0v) is 7.70. The maximum atomic E-state index is 11.1. The van der Waals surface area contributed by atoms with E-state index >= 15 is 0 Å².